The fraction of sp³-hybridized carbons (Fsp3) is 0.333. The Balaban J connectivity index is 1.46. The Hall–Kier alpha value is -3.05. The molecular weight excluding hydrogens is 529 g/mol. The second-order valence-corrected chi connectivity index (χ2v) is 9.21. The van der Waals surface area contributed by atoms with Gasteiger partial charge in [0.2, 0.25) is 5.91 Å². The van der Waals surface area contributed by atoms with E-state index in [1.165, 1.54) is 13.2 Å². The Morgan fingerprint density at radius 2 is 1.83 bits per heavy atom. The number of rotatable bonds is 5. The number of H-pyrrole nitrogens is 1. The van der Waals surface area contributed by atoms with Gasteiger partial charge >= 0.3 is 12.1 Å². The van der Waals surface area contributed by atoms with Gasteiger partial charge in [0.05, 0.1) is 24.4 Å². The molecule has 186 valence electrons. The number of aromatic amines is 1. The quantitative estimate of drug-likeness (QED) is 0.441. The Morgan fingerprint density at radius 3 is 2.49 bits per heavy atom. The Labute approximate surface area is 208 Å². The number of nitrogens with zero attached hydrogens (tertiary/aromatic N) is 2. The number of benzene rings is 2. The average molecular weight is 553 g/mol. The summed E-state index contributed by atoms with van der Waals surface area (Å²) in [6.45, 7) is 3.71. The highest BCUT2D eigenvalue weighted by atomic mass is 79.9. The van der Waals surface area contributed by atoms with Crippen molar-refractivity contribution in [3.8, 4) is 0 Å². The minimum Gasteiger partial charge on any atom is -0.464 e. The number of piperazine rings is 1. The van der Waals surface area contributed by atoms with E-state index in [9.17, 15) is 22.8 Å². The minimum absolute atomic E-state index is 0.149. The Morgan fingerprint density at radius 1 is 1.11 bits per heavy atom. The molecule has 0 bridgehead atoms. The van der Waals surface area contributed by atoms with Gasteiger partial charge in [-0.3, -0.25) is 9.69 Å². The highest BCUT2D eigenvalue weighted by Gasteiger charge is 2.32. The van der Waals surface area contributed by atoms with Crippen molar-refractivity contribution in [1.82, 2.24) is 9.88 Å². The molecule has 3 aromatic rings. The molecule has 2 heterocycles. The smallest absolute Gasteiger partial charge is 0.416 e. The van der Waals surface area contributed by atoms with E-state index in [0.29, 0.717) is 48.5 Å². The van der Waals surface area contributed by atoms with Gasteiger partial charge in [-0.05, 0) is 43.3 Å². The molecular formula is C24H24BrF3N4O3. The standard InChI is InChI=1S/C24H24BrF3N4O3/c1-14(31-8-10-32(11-9-31)17-5-3-4-15(12-17)24(26,27)28)22(33)30-20-18-13-16(25)6-7-19(18)29-21(20)23(34)35-2/h3-7,12-14,29H,8-11H2,1-2H3,(H,30,33)/t14-/m1/s1. The topological polar surface area (TPSA) is 77.7 Å². The molecule has 35 heavy (non-hydrogen) atoms. The van der Waals surface area contributed by atoms with Crippen LogP contribution in [0.25, 0.3) is 10.9 Å². The first-order valence-electron chi connectivity index (χ1n) is 10.9. The lowest BCUT2D eigenvalue weighted by molar-refractivity contribution is -0.137. The third-order valence-electron chi connectivity index (χ3n) is 6.18. The van der Waals surface area contributed by atoms with Crippen LogP contribution < -0.4 is 10.2 Å². The monoisotopic (exact) mass is 552 g/mol. The van der Waals surface area contributed by atoms with E-state index in [0.717, 1.165) is 16.6 Å². The molecule has 2 N–H and O–H groups in total. The number of aromatic nitrogens is 1. The van der Waals surface area contributed by atoms with Gasteiger partial charge in [0, 0.05) is 47.2 Å². The number of halogens is 4. The lowest BCUT2D eigenvalue weighted by atomic mass is 10.1. The van der Waals surface area contributed by atoms with Gasteiger partial charge in [0.1, 0.15) is 5.69 Å². The van der Waals surface area contributed by atoms with E-state index < -0.39 is 23.8 Å². The zero-order valence-electron chi connectivity index (χ0n) is 19.1. The molecule has 0 saturated carbocycles. The first-order valence-corrected chi connectivity index (χ1v) is 11.7. The van der Waals surface area contributed by atoms with E-state index in [4.69, 9.17) is 4.74 Å². The van der Waals surface area contributed by atoms with Gasteiger partial charge in [-0.15, -0.1) is 0 Å². The summed E-state index contributed by atoms with van der Waals surface area (Å²) in [6, 6.07) is 10.1. The van der Waals surface area contributed by atoms with Crippen LogP contribution in [0.2, 0.25) is 0 Å². The molecule has 0 aliphatic carbocycles. The predicted octanol–water partition coefficient (Wildman–Crippen LogP) is 4.89. The Bertz CT molecular complexity index is 1250. The normalized spacial score (nSPS) is 15.8. The van der Waals surface area contributed by atoms with Crippen LogP contribution in [-0.4, -0.2) is 61.1 Å². The van der Waals surface area contributed by atoms with Crippen molar-refractivity contribution in [2.45, 2.75) is 19.1 Å². The number of carbonyl (C=O) groups excluding carboxylic acids is 2. The number of carbonyl (C=O) groups is 2. The van der Waals surface area contributed by atoms with Crippen molar-refractivity contribution in [1.29, 1.82) is 0 Å². The van der Waals surface area contributed by atoms with Gasteiger partial charge in [-0.1, -0.05) is 22.0 Å². The zero-order valence-corrected chi connectivity index (χ0v) is 20.7. The van der Waals surface area contributed by atoms with Gasteiger partial charge in [-0.2, -0.15) is 13.2 Å². The molecule has 0 spiro atoms. The van der Waals surface area contributed by atoms with Crippen molar-refractivity contribution < 1.29 is 27.5 Å². The van der Waals surface area contributed by atoms with Gasteiger partial charge in [-0.25, -0.2) is 4.79 Å². The number of hydrogen-bond acceptors (Lipinski definition) is 5. The van der Waals surface area contributed by atoms with E-state index in [2.05, 4.69) is 26.2 Å². The molecule has 1 fully saturated rings. The molecule has 11 heteroatoms. The molecule has 1 aliphatic heterocycles. The van der Waals surface area contributed by atoms with Gasteiger partial charge in [0.25, 0.3) is 0 Å². The van der Waals surface area contributed by atoms with Crippen LogP contribution in [0.1, 0.15) is 23.0 Å². The molecule has 1 amide bonds. The van der Waals surface area contributed by atoms with Crippen LogP contribution in [0.4, 0.5) is 24.5 Å². The lowest BCUT2D eigenvalue weighted by Crippen LogP contribution is -2.52. The van der Waals surface area contributed by atoms with Crippen molar-refractivity contribution in [3.63, 3.8) is 0 Å². The van der Waals surface area contributed by atoms with Gasteiger partial charge < -0.3 is 19.9 Å². The minimum atomic E-state index is -4.40. The van der Waals surface area contributed by atoms with Crippen molar-refractivity contribution in [3.05, 3.63) is 58.2 Å². The SMILES string of the molecule is COC(=O)c1[nH]c2ccc(Br)cc2c1NC(=O)[C@@H](C)N1CCN(c2cccc(C(F)(F)F)c2)CC1. The second kappa shape index (κ2) is 9.90. The number of hydrogen-bond donors (Lipinski definition) is 2. The number of nitrogens with one attached hydrogen (secondary N) is 2. The summed E-state index contributed by atoms with van der Waals surface area (Å²) in [5.74, 6) is -0.904. The molecule has 1 aromatic heterocycles. The maximum absolute atomic E-state index is 13.1. The van der Waals surface area contributed by atoms with E-state index in [-0.39, 0.29) is 11.6 Å². The number of fused-ring (bicyclic) bond motifs is 1. The largest absolute Gasteiger partial charge is 0.464 e. The van der Waals surface area contributed by atoms with Crippen LogP contribution in [0.5, 0.6) is 0 Å². The van der Waals surface area contributed by atoms with Gasteiger partial charge in [0.15, 0.2) is 0 Å². The predicted molar refractivity (Wildman–Crippen MR) is 131 cm³/mol. The summed E-state index contributed by atoms with van der Waals surface area (Å²) >= 11 is 3.41. The maximum atomic E-state index is 13.1. The average Bonchev–Trinajstić information content (AvgIpc) is 3.20. The van der Waals surface area contributed by atoms with Crippen LogP contribution in [-0.2, 0) is 15.7 Å². The molecule has 0 unspecified atom stereocenters. The zero-order chi connectivity index (χ0) is 25.3. The molecule has 1 atom stereocenters. The van der Waals surface area contributed by atoms with E-state index in [1.54, 1.807) is 25.1 Å². The molecule has 2 aromatic carbocycles. The molecule has 0 radical (unpaired) electrons. The van der Waals surface area contributed by atoms with E-state index >= 15 is 0 Å². The number of methoxy groups -OCH3 is 1. The van der Waals surface area contributed by atoms with Crippen LogP contribution >= 0.6 is 15.9 Å². The highest BCUT2D eigenvalue weighted by Crippen LogP contribution is 2.33. The first kappa shape index (κ1) is 25.1. The summed E-state index contributed by atoms with van der Waals surface area (Å²) in [6.07, 6.45) is -4.40. The summed E-state index contributed by atoms with van der Waals surface area (Å²) < 4.78 is 44.8. The number of amides is 1. The summed E-state index contributed by atoms with van der Waals surface area (Å²) in [4.78, 5) is 32.3. The first-order chi connectivity index (χ1) is 16.6. The summed E-state index contributed by atoms with van der Waals surface area (Å²) in [5.41, 5.74) is 0.981. The van der Waals surface area contributed by atoms with E-state index in [1.807, 2.05) is 15.9 Å². The maximum Gasteiger partial charge on any atom is 0.416 e. The molecule has 4 rings (SSSR count). The van der Waals surface area contributed by atoms with Crippen molar-refractivity contribution >= 4 is 50.1 Å². The second-order valence-electron chi connectivity index (χ2n) is 8.29. The molecule has 1 aliphatic rings. The number of alkyl halides is 3. The van der Waals surface area contributed by atoms with Crippen molar-refractivity contribution in [2.24, 2.45) is 0 Å². The van der Waals surface area contributed by atoms with Crippen LogP contribution in [0.3, 0.4) is 0 Å². The third kappa shape index (κ3) is 5.30. The highest BCUT2D eigenvalue weighted by molar-refractivity contribution is 9.10. The van der Waals surface area contributed by atoms with Crippen LogP contribution in [0, 0.1) is 0 Å². The molecule has 7 nitrogen and oxygen atoms in total. The summed E-state index contributed by atoms with van der Waals surface area (Å²) in [7, 11) is 1.27. The number of esters is 1. The number of anilines is 2. The van der Waals surface area contributed by atoms with Crippen LogP contribution in [0.15, 0.2) is 46.9 Å². The lowest BCUT2D eigenvalue weighted by Gasteiger charge is -2.38. The summed E-state index contributed by atoms with van der Waals surface area (Å²) in [5, 5.41) is 3.53. The fourth-order valence-electron chi connectivity index (χ4n) is 4.19. The fourth-order valence-corrected chi connectivity index (χ4v) is 4.55. The van der Waals surface area contributed by atoms with Crippen molar-refractivity contribution in [2.75, 3.05) is 43.5 Å². The third-order valence-corrected chi connectivity index (χ3v) is 6.67. The Kier molecular flexibility index (Phi) is 7.09. The number of ether oxygens (including phenoxy) is 1. The molecule has 1 saturated heterocycles.